The van der Waals surface area contributed by atoms with E-state index in [1.807, 2.05) is 0 Å². The van der Waals surface area contributed by atoms with E-state index in [-0.39, 0.29) is 19.1 Å². The van der Waals surface area contributed by atoms with Gasteiger partial charge in [0.05, 0.1) is 18.2 Å². The van der Waals surface area contributed by atoms with Gasteiger partial charge in [-0.2, -0.15) is 5.26 Å². The van der Waals surface area contributed by atoms with E-state index in [0.717, 1.165) is 0 Å². The van der Waals surface area contributed by atoms with Crippen LogP contribution in [0.4, 0.5) is 4.79 Å². The lowest BCUT2D eigenvalue weighted by Crippen LogP contribution is -2.46. The lowest BCUT2D eigenvalue weighted by atomic mass is 10.1. The zero-order valence-corrected chi connectivity index (χ0v) is 11.4. The normalized spacial score (nSPS) is 17.2. The molecule has 0 aliphatic carbocycles. The van der Waals surface area contributed by atoms with Crippen molar-refractivity contribution in [3.05, 3.63) is 35.4 Å². The second-order valence-corrected chi connectivity index (χ2v) is 4.57. The van der Waals surface area contributed by atoms with E-state index in [4.69, 9.17) is 15.7 Å². The highest BCUT2D eigenvalue weighted by Gasteiger charge is 2.38. The predicted octanol–water partition coefficient (Wildman–Crippen LogP) is -0.0460. The van der Waals surface area contributed by atoms with Crippen LogP contribution in [-0.4, -0.2) is 42.6 Å². The molecule has 21 heavy (non-hydrogen) atoms. The fourth-order valence-electron chi connectivity index (χ4n) is 2.11. The number of ether oxygens (including phenoxy) is 1. The first-order valence-corrected chi connectivity index (χ1v) is 6.56. The number of hydrogen-bond acceptors (Lipinski definition) is 5. The average molecular weight is 288 g/mol. The Morgan fingerprint density at radius 2 is 2.29 bits per heavy atom. The summed E-state index contributed by atoms with van der Waals surface area (Å²) in [6.45, 7) is 0.823. The third-order valence-electron chi connectivity index (χ3n) is 3.20. The van der Waals surface area contributed by atoms with Crippen LogP contribution in [0, 0.1) is 11.3 Å². The Balaban J connectivity index is 2.14. The summed E-state index contributed by atoms with van der Waals surface area (Å²) in [5, 5.41) is 11.7. The predicted molar refractivity (Wildman–Crippen MR) is 73.9 cm³/mol. The molecule has 7 nitrogen and oxygen atoms in total. The number of nitrogens with one attached hydrogen (secondary N) is 1. The lowest BCUT2D eigenvalue weighted by molar-refractivity contribution is -0.124. The molecule has 1 fully saturated rings. The molecule has 0 saturated carbocycles. The van der Waals surface area contributed by atoms with Crippen molar-refractivity contribution in [2.75, 3.05) is 19.7 Å². The molecule has 0 spiro atoms. The smallest absolute Gasteiger partial charge is 0.410 e. The molecule has 1 aliphatic heterocycles. The number of rotatable bonds is 5. The van der Waals surface area contributed by atoms with Crippen molar-refractivity contribution >= 4 is 12.0 Å². The van der Waals surface area contributed by atoms with Crippen LogP contribution in [0.2, 0.25) is 0 Å². The molecule has 3 N–H and O–H groups in total. The van der Waals surface area contributed by atoms with Gasteiger partial charge in [-0.15, -0.1) is 0 Å². The van der Waals surface area contributed by atoms with Gasteiger partial charge >= 0.3 is 6.09 Å². The number of nitriles is 1. The maximum Gasteiger partial charge on any atom is 0.410 e. The van der Waals surface area contributed by atoms with Crippen molar-refractivity contribution in [1.82, 2.24) is 10.2 Å². The van der Waals surface area contributed by atoms with Crippen molar-refractivity contribution in [2.24, 2.45) is 5.73 Å². The van der Waals surface area contributed by atoms with E-state index >= 15 is 0 Å². The van der Waals surface area contributed by atoms with E-state index < -0.39 is 12.1 Å². The maximum absolute atomic E-state index is 12.0. The van der Waals surface area contributed by atoms with Crippen LogP contribution < -0.4 is 11.1 Å². The van der Waals surface area contributed by atoms with Crippen molar-refractivity contribution in [3.8, 4) is 6.07 Å². The Bertz CT molecular complexity index is 582. The Kier molecular flexibility index (Phi) is 4.74. The zero-order valence-electron chi connectivity index (χ0n) is 11.4. The SMILES string of the molecule is N#Cc1ccccc1CN1C(=O)OC[C@H]1C(=O)NCCN. The van der Waals surface area contributed by atoms with Gasteiger partial charge in [0, 0.05) is 13.1 Å². The lowest BCUT2D eigenvalue weighted by Gasteiger charge is -2.21. The monoisotopic (exact) mass is 288 g/mol. The molecule has 1 aromatic rings. The molecule has 1 heterocycles. The summed E-state index contributed by atoms with van der Waals surface area (Å²) < 4.78 is 4.94. The molecule has 2 amide bonds. The number of nitrogens with zero attached hydrogens (tertiary/aromatic N) is 2. The Hall–Kier alpha value is -2.59. The van der Waals surface area contributed by atoms with Crippen LogP contribution in [0.25, 0.3) is 0 Å². The summed E-state index contributed by atoms with van der Waals surface area (Å²) in [6.07, 6.45) is -0.560. The van der Waals surface area contributed by atoms with Crippen LogP contribution in [-0.2, 0) is 16.1 Å². The molecule has 0 bridgehead atoms. The van der Waals surface area contributed by atoms with Gasteiger partial charge < -0.3 is 15.8 Å². The number of hydrogen-bond donors (Lipinski definition) is 2. The number of cyclic esters (lactones) is 1. The third-order valence-corrected chi connectivity index (χ3v) is 3.20. The quantitative estimate of drug-likeness (QED) is 0.790. The third kappa shape index (κ3) is 3.30. The average Bonchev–Trinajstić information content (AvgIpc) is 2.86. The zero-order chi connectivity index (χ0) is 15.2. The summed E-state index contributed by atoms with van der Waals surface area (Å²) >= 11 is 0. The fourth-order valence-corrected chi connectivity index (χ4v) is 2.11. The van der Waals surface area contributed by atoms with Gasteiger partial charge in [0.15, 0.2) is 0 Å². The largest absolute Gasteiger partial charge is 0.447 e. The summed E-state index contributed by atoms with van der Waals surface area (Å²) in [6, 6.07) is 8.31. The van der Waals surface area contributed by atoms with Crippen LogP contribution in [0.3, 0.4) is 0 Å². The molecule has 0 unspecified atom stereocenters. The van der Waals surface area contributed by atoms with Gasteiger partial charge in [-0.05, 0) is 11.6 Å². The summed E-state index contributed by atoms with van der Waals surface area (Å²) in [5.41, 5.74) is 6.48. The minimum atomic E-state index is -0.698. The highest BCUT2D eigenvalue weighted by atomic mass is 16.6. The molecule has 7 heteroatoms. The minimum absolute atomic E-state index is 0.00393. The molecule has 1 atom stereocenters. The molecule has 1 saturated heterocycles. The Morgan fingerprint density at radius 3 is 3.00 bits per heavy atom. The van der Waals surface area contributed by atoms with E-state index in [1.165, 1.54) is 4.90 Å². The van der Waals surface area contributed by atoms with Crippen molar-refractivity contribution in [1.29, 1.82) is 5.26 Å². The fraction of sp³-hybridized carbons (Fsp3) is 0.357. The molecule has 1 aliphatic rings. The highest BCUT2D eigenvalue weighted by Crippen LogP contribution is 2.18. The first-order valence-electron chi connectivity index (χ1n) is 6.56. The molecule has 110 valence electrons. The second kappa shape index (κ2) is 6.72. The molecule has 2 rings (SSSR count). The van der Waals surface area contributed by atoms with Gasteiger partial charge in [-0.25, -0.2) is 4.79 Å². The first-order chi connectivity index (χ1) is 10.2. The Labute approximate surface area is 122 Å². The van der Waals surface area contributed by atoms with E-state index in [1.54, 1.807) is 24.3 Å². The number of amides is 2. The number of nitrogens with two attached hydrogens (primary N) is 1. The van der Waals surface area contributed by atoms with Gasteiger partial charge in [0.1, 0.15) is 12.6 Å². The first kappa shape index (κ1) is 14.8. The summed E-state index contributed by atoms with van der Waals surface area (Å²) in [7, 11) is 0. The number of carbonyl (C=O) groups is 2. The number of benzene rings is 1. The van der Waals surface area contributed by atoms with Gasteiger partial charge in [-0.3, -0.25) is 9.69 Å². The number of carbonyl (C=O) groups excluding carboxylic acids is 2. The van der Waals surface area contributed by atoms with Crippen molar-refractivity contribution in [3.63, 3.8) is 0 Å². The molecule has 0 aromatic heterocycles. The van der Waals surface area contributed by atoms with E-state index in [2.05, 4.69) is 11.4 Å². The Morgan fingerprint density at radius 1 is 1.52 bits per heavy atom. The van der Waals surface area contributed by atoms with E-state index in [0.29, 0.717) is 24.2 Å². The van der Waals surface area contributed by atoms with E-state index in [9.17, 15) is 9.59 Å². The van der Waals surface area contributed by atoms with Crippen LogP contribution in [0.15, 0.2) is 24.3 Å². The topological polar surface area (TPSA) is 108 Å². The second-order valence-electron chi connectivity index (χ2n) is 4.57. The molecular weight excluding hydrogens is 272 g/mol. The molecular formula is C14H16N4O3. The maximum atomic E-state index is 12.0. The van der Waals surface area contributed by atoms with Gasteiger partial charge in [-0.1, -0.05) is 18.2 Å². The minimum Gasteiger partial charge on any atom is -0.447 e. The standard InChI is InChI=1S/C14H16N4O3/c15-5-6-17-13(19)12-9-21-14(20)18(12)8-11-4-2-1-3-10(11)7-16/h1-4,12H,5-6,8-9,15H2,(H,17,19)/t12-/m0/s1. The van der Waals surface area contributed by atoms with Crippen LogP contribution in [0.1, 0.15) is 11.1 Å². The summed E-state index contributed by atoms with van der Waals surface area (Å²) in [4.78, 5) is 25.1. The van der Waals surface area contributed by atoms with Crippen molar-refractivity contribution < 1.29 is 14.3 Å². The van der Waals surface area contributed by atoms with Crippen molar-refractivity contribution in [2.45, 2.75) is 12.6 Å². The van der Waals surface area contributed by atoms with Gasteiger partial charge in [0.25, 0.3) is 0 Å². The summed E-state index contributed by atoms with van der Waals surface area (Å²) in [5.74, 6) is -0.305. The highest BCUT2D eigenvalue weighted by molar-refractivity contribution is 5.87. The molecule has 1 aromatic carbocycles. The van der Waals surface area contributed by atoms with Crippen LogP contribution >= 0.6 is 0 Å². The van der Waals surface area contributed by atoms with Crippen LogP contribution in [0.5, 0.6) is 0 Å². The molecule has 0 radical (unpaired) electrons. The van der Waals surface area contributed by atoms with Gasteiger partial charge in [0.2, 0.25) is 5.91 Å².